The van der Waals surface area contributed by atoms with Gasteiger partial charge in [-0.15, -0.1) is 5.10 Å². The lowest BCUT2D eigenvalue weighted by molar-refractivity contribution is -0.132. The molecule has 0 amide bonds. The molecule has 0 atom stereocenters. The van der Waals surface area contributed by atoms with Crippen LogP contribution >= 0.6 is 0 Å². The van der Waals surface area contributed by atoms with Crippen molar-refractivity contribution in [1.82, 2.24) is 15.0 Å². The Kier molecular flexibility index (Phi) is 9.51. The Morgan fingerprint density at radius 3 is 2.47 bits per heavy atom. The third-order valence-electron chi connectivity index (χ3n) is 7.30. The van der Waals surface area contributed by atoms with E-state index in [4.69, 9.17) is 23.7 Å². The topological polar surface area (TPSA) is 151 Å². The number of nitrogens with zero attached hydrogens (tertiary/aromatic N) is 3. The Hall–Kier alpha value is -5.52. The number of aromatic nitrogens is 3. The highest BCUT2D eigenvalue weighted by molar-refractivity contribution is 5.94. The zero-order valence-corrected chi connectivity index (χ0v) is 25.1. The Balaban J connectivity index is 1.58. The van der Waals surface area contributed by atoms with E-state index in [0.717, 1.165) is 12.8 Å². The minimum Gasteiger partial charge on any atom is -0.497 e. The van der Waals surface area contributed by atoms with Gasteiger partial charge in [-0.1, -0.05) is 36.8 Å². The van der Waals surface area contributed by atoms with Crippen molar-refractivity contribution < 1.29 is 43.5 Å². The van der Waals surface area contributed by atoms with Crippen molar-refractivity contribution in [2.45, 2.75) is 39.3 Å². The number of fused-ring (bicyclic) bond motifs is 1. The molecule has 0 aliphatic carbocycles. The highest BCUT2D eigenvalue weighted by atomic mass is 16.7. The molecule has 0 unspecified atom stereocenters. The van der Waals surface area contributed by atoms with Gasteiger partial charge in [-0.25, -0.2) is 14.3 Å². The Morgan fingerprint density at radius 1 is 0.978 bits per heavy atom. The molecule has 0 saturated carbocycles. The van der Waals surface area contributed by atoms with Gasteiger partial charge in [-0.2, -0.15) is 0 Å². The summed E-state index contributed by atoms with van der Waals surface area (Å²) in [5.41, 5.74) is 2.71. The summed E-state index contributed by atoms with van der Waals surface area (Å²) >= 11 is 0. The summed E-state index contributed by atoms with van der Waals surface area (Å²) < 4.78 is 29.8. The van der Waals surface area contributed by atoms with Crippen molar-refractivity contribution >= 4 is 18.0 Å². The molecule has 2 N–H and O–H groups in total. The predicted molar refractivity (Wildman–Crippen MR) is 163 cm³/mol. The maximum atomic E-state index is 12.6. The van der Waals surface area contributed by atoms with Crippen LogP contribution in [0, 0.1) is 0 Å². The average molecular weight is 616 g/mol. The number of carboxylic acid groups (broad SMARTS) is 2. The molecule has 1 aliphatic heterocycles. The maximum absolute atomic E-state index is 12.6. The number of aromatic carboxylic acids is 1. The van der Waals surface area contributed by atoms with Gasteiger partial charge in [0.2, 0.25) is 6.79 Å². The molecule has 1 aliphatic rings. The van der Waals surface area contributed by atoms with Crippen molar-refractivity contribution in [2.24, 2.45) is 0 Å². The van der Waals surface area contributed by atoms with Gasteiger partial charge in [0.25, 0.3) is 0 Å². The zero-order valence-electron chi connectivity index (χ0n) is 25.1. The smallest absolute Gasteiger partial charge is 0.336 e. The van der Waals surface area contributed by atoms with Crippen LogP contribution in [0.3, 0.4) is 0 Å². The van der Waals surface area contributed by atoms with Crippen molar-refractivity contribution in [3.05, 3.63) is 82.6 Å². The molecule has 5 rings (SSSR count). The molecule has 0 spiro atoms. The van der Waals surface area contributed by atoms with Gasteiger partial charge in [-0.3, -0.25) is 0 Å². The summed E-state index contributed by atoms with van der Waals surface area (Å²) in [5.74, 6) is 0.201. The van der Waals surface area contributed by atoms with Crippen LogP contribution in [0.2, 0.25) is 0 Å². The van der Waals surface area contributed by atoms with E-state index in [1.807, 2.05) is 0 Å². The Labute approximate surface area is 259 Å². The van der Waals surface area contributed by atoms with Crippen molar-refractivity contribution in [3.63, 3.8) is 0 Å². The summed E-state index contributed by atoms with van der Waals surface area (Å²) in [6, 6.07) is 15.2. The van der Waals surface area contributed by atoms with Gasteiger partial charge >= 0.3 is 11.9 Å². The first kappa shape index (κ1) is 30.9. The van der Waals surface area contributed by atoms with Crippen LogP contribution in [0.4, 0.5) is 0 Å². The van der Waals surface area contributed by atoms with Gasteiger partial charge in [-0.05, 0) is 36.8 Å². The number of benzene rings is 3. The van der Waals surface area contributed by atoms with Gasteiger partial charge < -0.3 is 33.9 Å². The monoisotopic (exact) mass is 615 g/mol. The van der Waals surface area contributed by atoms with Crippen molar-refractivity contribution in [2.75, 3.05) is 21.0 Å². The number of methoxy groups -OCH3 is 2. The third-order valence-corrected chi connectivity index (χ3v) is 7.30. The summed E-state index contributed by atoms with van der Waals surface area (Å²) in [6.07, 6.45) is 3.20. The Bertz CT molecular complexity index is 1750. The molecule has 45 heavy (non-hydrogen) atoms. The largest absolute Gasteiger partial charge is 0.497 e. The number of aliphatic carboxylic acids is 1. The molecular formula is C33H33N3O9. The number of unbranched alkanes of at least 4 members (excludes halogenated alkanes) is 1. The lowest BCUT2D eigenvalue weighted by Crippen LogP contribution is -2.08. The molecule has 0 fully saturated rings. The number of rotatable bonds is 14. The first-order valence-electron chi connectivity index (χ1n) is 14.3. The lowest BCUT2D eigenvalue weighted by Gasteiger charge is -2.16. The fourth-order valence-corrected chi connectivity index (χ4v) is 4.97. The number of aryl methyl sites for hydroxylation is 1. The summed E-state index contributed by atoms with van der Waals surface area (Å²) in [5, 5.41) is 28.7. The molecule has 0 radical (unpaired) electrons. The van der Waals surface area contributed by atoms with E-state index in [9.17, 15) is 19.8 Å². The SMILES string of the molecule is CCCCn1nnc(C=C(Cc2cc3c(cc2OC)OCO3)C(=O)O)c1-c1ccc(OC)cc1OCc1ccccc1C(=O)O. The second-order valence-electron chi connectivity index (χ2n) is 10.2. The molecule has 12 heteroatoms. The minimum absolute atomic E-state index is 0.00828. The maximum Gasteiger partial charge on any atom is 0.336 e. The van der Waals surface area contributed by atoms with E-state index in [1.165, 1.54) is 26.4 Å². The number of hydrogen-bond donors (Lipinski definition) is 2. The van der Waals surface area contributed by atoms with Crippen molar-refractivity contribution in [1.29, 1.82) is 0 Å². The quantitative estimate of drug-likeness (QED) is 0.174. The van der Waals surface area contributed by atoms with E-state index in [1.54, 1.807) is 53.2 Å². The van der Waals surface area contributed by atoms with Crippen LogP contribution in [0.1, 0.15) is 46.9 Å². The zero-order chi connectivity index (χ0) is 31.9. The van der Waals surface area contributed by atoms with Crippen LogP contribution < -0.4 is 23.7 Å². The van der Waals surface area contributed by atoms with E-state index >= 15 is 0 Å². The highest BCUT2D eigenvalue weighted by Crippen LogP contribution is 2.40. The van der Waals surface area contributed by atoms with Gasteiger partial charge in [0.1, 0.15) is 29.5 Å². The molecule has 4 aromatic rings. The number of ether oxygens (including phenoxy) is 5. The van der Waals surface area contributed by atoms with Crippen LogP contribution in [0.25, 0.3) is 17.3 Å². The van der Waals surface area contributed by atoms with Gasteiger partial charge in [0, 0.05) is 47.4 Å². The fraction of sp³-hybridized carbons (Fsp3) is 0.273. The van der Waals surface area contributed by atoms with E-state index in [0.29, 0.717) is 63.4 Å². The highest BCUT2D eigenvalue weighted by Gasteiger charge is 2.23. The number of carbonyl (C=O) groups is 2. The summed E-state index contributed by atoms with van der Waals surface area (Å²) in [4.78, 5) is 24.3. The molecule has 3 aromatic carbocycles. The lowest BCUT2D eigenvalue weighted by atomic mass is 10.0. The second-order valence-corrected chi connectivity index (χ2v) is 10.2. The van der Waals surface area contributed by atoms with Crippen LogP contribution in [0.5, 0.6) is 28.7 Å². The third kappa shape index (κ3) is 6.85. The number of hydrogen-bond acceptors (Lipinski definition) is 9. The Morgan fingerprint density at radius 2 is 1.76 bits per heavy atom. The molecule has 1 aromatic heterocycles. The molecular weight excluding hydrogens is 582 g/mol. The van der Waals surface area contributed by atoms with E-state index < -0.39 is 11.9 Å². The minimum atomic E-state index is -1.14. The second kappa shape index (κ2) is 13.8. The van der Waals surface area contributed by atoms with E-state index in [2.05, 4.69) is 17.2 Å². The first-order valence-corrected chi connectivity index (χ1v) is 14.3. The van der Waals surface area contributed by atoms with Crippen molar-refractivity contribution in [3.8, 4) is 40.0 Å². The van der Waals surface area contributed by atoms with Crippen LogP contribution in [-0.4, -0.2) is 58.2 Å². The molecule has 0 bridgehead atoms. The van der Waals surface area contributed by atoms with Crippen LogP contribution in [0.15, 0.2) is 60.2 Å². The van der Waals surface area contributed by atoms with Gasteiger partial charge in [0.15, 0.2) is 11.5 Å². The molecule has 12 nitrogen and oxygen atoms in total. The fourth-order valence-electron chi connectivity index (χ4n) is 4.97. The predicted octanol–water partition coefficient (Wildman–Crippen LogP) is 5.48. The molecule has 234 valence electrons. The number of carboxylic acids is 2. The normalized spacial score (nSPS) is 12.2. The summed E-state index contributed by atoms with van der Waals surface area (Å²) in [7, 11) is 3.03. The standard InChI is InChI=1S/C33H33N3O9/c1-4-5-12-36-31(25-11-10-23(41-2)16-28(25)43-18-20-8-6-7-9-24(20)33(39)40)26(34-35-36)14-22(32(37)38)13-21-15-29-30(45-19-44-29)17-27(21)42-3/h6-11,14-17H,4-5,12-13,18-19H2,1-3H3,(H,37,38)(H,39,40). The molecule has 0 saturated heterocycles. The summed E-state index contributed by atoms with van der Waals surface area (Å²) in [6.45, 7) is 2.62. The molecule has 2 heterocycles. The average Bonchev–Trinajstić information content (AvgIpc) is 3.68. The van der Waals surface area contributed by atoms with Gasteiger partial charge in [0.05, 0.1) is 25.5 Å². The van der Waals surface area contributed by atoms with Crippen LogP contribution in [-0.2, 0) is 24.4 Å². The van der Waals surface area contributed by atoms with E-state index in [-0.39, 0.29) is 31.0 Å². The first-order chi connectivity index (χ1) is 21.8.